The van der Waals surface area contributed by atoms with E-state index < -0.39 is 32.3 Å². The Bertz CT molecular complexity index is 1490. The third-order valence-electron chi connectivity index (χ3n) is 9.46. The molecule has 0 bridgehead atoms. The lowest BCUT2D eigenvalue weighted by molar-refractivity contribution is 0.942. The molecule has 0 amide bonds. The summed E-state index contributed by atoms with van der Waals surface area (Å²) < 4.78 is 4.46. The SMILES string of the molecule is C[Si](C)(C)Cc1cccc(C[Si](C)(C)C)[c]1[Al][CH]1c2ccccc2[CH]([Al][c]2c(C[Si](C)(C)C)cccc2C[Si](C)(C)C)c2ccccc21. The molecular weight excluding hydrogens is 671 g/mol. The Morgan fingerprint density at radius 2 is 0.583 bits per heavy atom. The van der Waals surface area contributed by atoms with Crippen LogP contribution in [0.3, 0.4) is 0 Å². The Morgan fingerprint density at radius 3 is 0.792 bits per heavy atom. The molecule has 0 saturated heterocycles. The number of fused-ring (bicyclic) bond motifs is 2. The van der Waals surface area contributed by atoms with Crippen LogP contribution >= 0.6 is 0 Å². The van der Waals surface area contributed by atoms with Gasteiger partial charge in [-0.1, -0.05) is 208 Å². The molecule has 2 radical (unpaired) electrons. The van der Waals surface area contributed by atoms with Gasteiger partial charge in [0.05, 0.1) is 0 Å². The number of hydrogen-bond acceptors (Lipinski definition) is 0. The monoisotopic (exact) mass is 730 g/mol. The van der Waals surface area contributed by atoms with E-state index in [9.17, 15) is 0 Å². The van der Waals surface area contributed by atoms with E-state index in [2.05, 4.69) is 163 Å². The zero-order chi connectivity index (χ0) is 35.1. The molecule has 250 valence electrons. The standard InChI is InChI=1S/2C14H25Si2.C14H10.2Al/c2*1-15(2,3)11-13-8-7-9-14(10-13)12-16(4,5)6;1-2-6-12-10-14-8-4-3-7-13(14)9-11(12)5-1;;/h2*7-9H,11-12H2,1-6H3;1-10H;;. The average Bonchev–Trinajstić information content (AvgIpc) is 2.94. The van der Waals surface area contributed by atoms with E-state index in [-0.39, 0.29) is 30.4 Å². The predicted octanol–water partition coefficient (Wildman–Crippen LogP) is 9.92. The van der Waals surface area contributed by atoms with Crippen molar-refractivity contribution in [3.63, 3.8) is 0 Å². The summed E-state index contributed by atoms with van der Waals surface area (Å²) in [5.41, 5.74) is 13.2. The van der Waals surface area contributed by atoms with Gasteiger partial charge in [0, 0.05) is 32.3 Å². The minimum Gasteiger partial charge on any atom is -0.117 e. The highest BCUT2D eigenvalue weighted by Crippen LogP contribution is 2.43. The molecule has 4 aromatic rings. The number of benzene rings is 4. The van der Waals surface area contributed by atoms with Crippen molar-refractivity contribution in [2.45, 2.75) is 112 Å². The van der Waals surface area contributed by atoms with Crippen LogP contribution in [-0.2, 0) is 24.2 Å². The first-order valence-electron chi connectivity index (χ1n) is 18.4. The van der Waals surface area contributed by atoms with Gasteiger partial charge in [-0.25, -0.2) is 0 Å². The van der Waals surface area contributed by atoms with Crippen LogP contribution < -0.4 is 8.85 Å². The highest BCUT2D eigenvalue weighted by atomic mass is 28.3. The van der Waals surface area contributed by atoms with Crippen molar-refractivity contribution in [1.82, 2.24) is 0 Å². The van der Waals surface area contributed by atoms with E-state index in [1.807, 2.05) is 0 Å². The summed E-state index contributed by atoms with van der Waals surface area (Å²) in [6, 6.07) is 39.3. The fourth-order valence-electron chi connectivity index (χ4n) is 7.84. The number of rotatable bonds is 12. The third-order valence-corrected chi connectivity index (χ3v) is 19.5. The lowest BCUT2D eigenvalue weighted by Gasteiger charge is -2.36. The first kappa shape index (κ1) is 38.1. The van der Waals surface area contributed by atoms with Gasteiger partial charge in [0.1, 0.15) is 0 Å². The van der Waals surface area contributed by atoms with E-state index in [1.165, 1.54) is 24.2 Å². The number of hydrogen-bond donors (Lipinski definition) is 0. The minimum atomic E-state index is -1.29. The van der Waals surface area contributed by atoms with Crippen LogP contribution in [0.5, 0.6) is 0 Å². The summed E-state index contributed by atoms with van der Waals surface area (Å²) in [4.78, 5) is 0. The van der Waals surface area contributed by atoms with E-state index in [0.29, 0.717) is 9.56 Å². The van der Waals surface area contributed by atoms with Crippen LogP contribution in [0, 0.1) is 0 Å². The van der Waals surface area contributed by atoms with Crippen molar-refractivity contribution >= 4 is 71.6 Å². The Hall–Kier alpha value is -1.19. The molecule has 0 nitrogen and oxygen atoms in total. The summed E-state index contributed by atoms with van der Waals surface area (Å²) in [5.74, 6) is 0. The Morgan fingerprint density at radius 1 is 0.354 bits per heavy atom. The Labute approximate surface area is 311 Å². The second kappa shape index (κ2) is 14.8. The van der Waals surface area contributed by atoms with E-state index in [1.54, 1.807) is 53.4 Å². The van der Waals surface area contributed by atoms with Crippen LogP contribution in [0.25, 0.3) is 0 Å². The summed E-state index contributed by atoms with van der Waals surface area (Å²) in [6.45, 7) is 30.6. The van der Waals surface area contributed by atoms with Crippen molar-refractivity contribution < 1.29 is 0 Å². The minimum absolute atomic E-state index is 0.0497. The topological polar surface area (TPSA) is 0 Å². The largest absolute Gasteiger partial charge is 0.270 e. The predicted molar refractivity (Wildman–Crippen MR) is 228 cm³/mol. The molecule has 5 rings (SSSR count). The van der Waals surface area contributed by atoms with Gasteiger partial charge in [-0.2, -0.15) is 0 Å². The summed E-state index contributed by atoms with van der Waals surface area (Å²) >= 11 is 0.0994. The molecular formula is C42H60Al2Si4. The molecule has 0 aliphatic heterocycles. The lowest BCUT2D eigenvalue weighted by Crippen LogP contribution is -2.40. The molecule has 0 atom stereocenters. The summed E-state index contributed by atoms with van der Waals surface area (Å²) in [5, 5.41) is 0. The van der Waals surface area contributed by atoms with Crippen LogP contribution in [0.15, 0.2) is 84.9 Å². The molecule has 0 heterocycles. The first-order valence-corrected chi connectivity index (χ1v) is 35.7. The van der Waals surface area contributed by atoms with Crippen molar-refractivity contribution in [2.75, 3.05) is 0 Å². The quantitative estimate of drug-likeness (QED) is 0.127. The summed E-state index contributed by atoms with van der Waals surface area (Å²) in [7, 11) is -5.14. The fourth-order valence-corrected chi connectivity index (χ4v) is 18.7. The summed E-state index contributed by atoms with van der Waals surface area (Å²) in [6.07, 6.45) is 0. The van der Waals surface area contributed by atoms with Crippen LogP contribution in [-0.4, -0.2) is 62.7 Å². The zero-order valence-corrected chi connectivity index (χ0v) is 38.5. The maximum absolute atomic E-state index is 2.55. The fraction of sp³-hybridized carbons (Fsp3) is 0.429. The smallest absolute Gasteiger partial charge is 0.117 e. The highest BCUT2D eigenvalue weighted by Gasteiger charge is 2.35. The molecule has 6 heteroatoms. The van der Waals surface area contributed by atoms with Gasteiger partial charge in [-0.15, -0.1) is 8.85 Å². The maximum atomic E-state index is 2.55. The molecule has 0 unspecified atom stereocenters. The average molecular weight is 731 g/mol. The van der Waals surface area contributed by atoms with Gasteiger partial charge >= 0.3 is 0 Å². The van der Waals surface area contributed by atoms with Crippen molar-refractivity contribution in [3.05, 3.63) is 129 Å². The zero-order valence-electron chi connectivity index (χ0n) is 32.2. The molecule has 48 heavy (non-hydrogen) atoms. The second-order valence-electron chi connectivity index (χ2n) is 19.5. The molecule has 0 N–H and O–H groups in total. The van der Waals surface area contributed by atoms with Gasteiger partial charge in [0.2, 0.25) is 0 Å². The molecule has 0 aromatic heterocycles. The van der Waals surface area contributed by atoms with Gasteiger partial charge in [0.25, 0.3) is 30.4 Å². The van der Waals surface area contributed by atoms with E-state index in [0.717, 1.165) is 0 Å². The Kier molecular flexibility index (Phi) is 11.7. The van der Waals surface area contributed by atoms with Crippen molar-refractivity contribution in [1.29, 1.82) is 0 Å². The molecule has 0 saturated carbocycles. The molecule has 0 spiro atoms. The Balaban J connectivity index is 1.65. The van der Waals surface area contributed by atoms with Crippen LogP contribution in [0.1, 0.15) is 54.1 Å². The molecule has 4 aromatic carbocycles. The molecule has 1 aliphatic carbocycles. The van der Waals surface area contributed by atoms with Crippen LogP contribution in [0.2, 0.25) is 78.6 Å². The van der Waals surface area contributed by atoms with Gasteiger partial charge in [-0.3, -0.25) is 0 Å². The van der Waals surface area contributed by atoms with Crippen molar-refractivity contribution in [3.8, 4) is 0 Å². The van der Waals surface area contributed by atoms with E-state index in [4.69, 9.17) is 0 Å². The normalized spacial score (nSPS) is 16.7. The second-order valence-corrected chi connectivity index (χ2v) is 44.5. The third kappa shape index (κ3) is 9.99. The molecule has 0 fully saturated rings. The van der Waals surface area contributed by atoms with Gasteiger partial charge < -0.3 is 0 Å². The van der Waals surface area contributed by atoms with Gasteiger partial charge in [0.15, 0.2) is 0 Å². The lowest BCUT2D eigenvalue weighted by atomic mass is 9.85. The molecule has 1 aliphatic rings. The van der Waals surface area contributed by atoms with E-state index >= 15 is 0 Å². The van der Waals surface area contributed by atoms with Crippen LogP contribution in [0.4, 0.5) is 0 Å². The first-order chi connectivity index (χ1) is 22.3. The highest BCUT2D eigenvalue weighted by molar-refractivity contribution is 6.77. The van der Waals surface area contributed by atoms with Gasteiger partial charge in [-0.05, 0) is 33.7 Å². The van der Waals surface area contributed by atoms with Crippen molar-refractivity contribution in [2.24, 2.45) is 0 Å². The maximum Gasteiger partial charge on any atom is 0.270 e.